The Bertz CT molecular complexity index is 929. The molecule has 1 N–H and O–H groups in total. The number of nitrogens with one attached hydrogen (secondary N) is 1. The van der Waals surface area contributed by atoms with E-state index in [1.165, 1.54) is 0 Å². The summed E-state index contributed by atoms with van der Waals surface area (Å²) in [4.78, 5) is 16.5. The minimum absolute atomic E-state index is 0.0569. The Labute approximate surface area is 170 Å². The first-order chi connectivity index (χ1) is 14.1. The van der Waals surface area contributed by atoms with Gasteiger partial charge in [-0.15, -0.1) is 0 Å². The van der Waals surface area contributed by atoms with Crippen molar-refractivity contribution in [3.05, 3.63) is 66.2 Å². The molecule has 1 amide bonds. The maximum absolute atomic E-state index is 12.4. The number of hydrogen-bond donors (Lipinski definition) is 1. The van der Waals surface area contributed by atoms with Crippen LogP contribution in [0.15, 0.2) is 55.1 Å². The van der Waals surface area contributed by atoms with Gasteiger partial charge in [-0.1, -0.05) is 12.1 Å². The normalized spacial score (nSPS) is 10.4. The van der Waals surface area contributed by atoms with Crippen molar-refractivity contribution in [2.24, 2.45) is 0 Å². The molecule has 7 nitrogen and oxygen atoms in total. The first-order valence-corrected chi connectivity index (χ1v) is 9.26. The zero-order chi connectivity index (χ0) is 20.6. The second kappa shape index (κ2) is 9.64. The number of nitrogens with zero attached hydrogens (tertiary/aromatic N) is 2. The number of aryl methyl sites for hydroxylation is 1. The quantitative estimate of drug-likeness (QED) is 0.600. The molecule has 0 aliphatic carbocycles. The Balaban J connectivity index is 1.61. The second-order valence-corrected chi connectivity index (χ2v) is 6.52. The van der Waals surface area contributed by atoms with Crippen LogP contribution in [0.25, 0.3) is 0 Å². The topological polar surface area (TPSA) is 74.6 Å². The largest absolute Gasteiger partial charge is 0.493 e. The van der Waals surface area contributed by atoms with Crippen molar-refractivity contribution >= 4 is 11.6 Å². The molecule has 1 aromatic heterocycles. The molecule has 2 aromatic carbocycles. The molecular weight excluding hydrogens is 370 g/mol. The first-order valence-electron chi connectivity index (χ1n) is 9.26. The van der Waals surface area contributed by atoms with Gasteiger partial charge in [-0.25, -0.2) is 4.98 Å². The molecule has 0 atom stereocenters. The van der Waals surface area contributed by atoms with Crippen molar-refractivity contribution in [1.82, 2.24) is 9.55 Å². The van der Waals surface area contributed by atoms with Crippen molar-refractivity contribution in [3.8, 4) is 17.2 Å². The molecule has 0 saturated heterocycles. The molecule has 0 unspecified atom stereocenters. The Hall–Kier alpha value is -3.48. The number of benzene rings is 2. The predicted molar refractivity (Wildman–Crippen MR) is 111 cm³/mol. The van der Waals surface area contributed by atoms with Crippen LogP contribution in [0.5, 0.6) is 17.2 Å². The fraction of sp³-hybridized carbons (Fsp3) is 0.273. The van der Waals surface area contributed by atoms with Gasteiger partial charge < -0.3 is 24.1 Å². The van der Waals surface area contributed by atoms with Crippen molar-refractivity contribution in [3.63, 3.8) is 0 Å². The maximum atomic E-state index is 12.4. The van der Waals surface area contributed by atoms with Crippen molar-refractivity contribution in [1.29, 1.82) is 0 Å². The number of carbonyl (C=O) groups excluding carboxylic acids is 1. The fourth-order valence-electron chi connectivity index (χ4n) is 3.10. The van der Waals surface area contributed by atoms with Gasteiger partial charge in [-0.2, -0.15) is 0 Å². The van der Waals surface area contributed by atoms with E-state index in [4.69, 9.17) is 14.2 Å². The SMILES string of the molecule is COc1cc(CCC(=O)Nc2cccc(Cn3ccnc3)c2)cc(OC)c1OC. The molecule has 0 spiro atoms. The summed E-state index contributed by atoms with van der Waals surface area (Å²) >= 11 is 0. The third kappa shape index (κ3) is 5.28. The molecule has 0 aliphatic rings. The van der Waals surface area contributed by atoms with Crippen LogP contribution in [0.2, 0.25) is 0 Å². The average Bonchev–Trinajstić information content (AvgIpc) is 3.24. The summed E-state index contributed by atoms with van der Waals surface area (Å²) < 4.78 is 18.0. The van der Waals surface area contributed by atoms with Crippen molar-refractivity contribution in [2.45, 2.75) is 19.4 Å². The van der Waals surface area contributed by atoms with E-state index >= 15 is 0 Å². The molecule has 0 fully saturated rings. The lowest BCUT2D eigenvalue weighted by atomic mass is 10.1. The van der Waals surface area contributed by atoms with Gasteiger partial charge in [0.15, 0.2) is 11.5 Å². The Morgan fingerprint density at radius 2 is 1.79 bits per heavy atom. The lowest BCUT2D eigenvalue weighted by molar-refractivity contribution is -0.116. The molecule has 29 heavy (non-hydrogen) atoms. The number of methoxy groups -OCH3 is 3. The highest BCUT2D eigenvalue weighted by Crippen LogP contribution is 2.38. The van der Waals surface area contributed by atoms with E-state index in [1.807, 2.05) is 47.2 Å². The molecule has 152 valence electrons. The van der Waals surface area contributed by atoms with Gasteiger partial charge in [-0.05, 0) is 41.8 Å². The number of hydrogen-bond acceptors (Lipinski definition) is 5. The van der Waals surface area contributed by atoms with Gasteiger partial charge in [0.25, 0.3) is 0 Å². The molecular formula is C22H25N3O4. The van der Waals surface area contributed by atoms with E-state index in [0.717, 1.165) is 16.8 Å². The van der Waals surface area contributed by atoms with Gasteiger partial charge in [0.1, 0.15) is 0 Å². The second-order valence-electron chi connectivity index (χ2n) is 6.52. The monoisotopic (exact) mass is 395 g/mol. The van der Waals surface area contributed by atoms with E-state index in [1.54, 1.807) is 33.9 Å². The molecule has 0 aliphatic heterocycles. The highest BCUT2D eigenvalue weighted by molar-refractivity contribution is 5.90. The Morgan fingerprint density at radius 3 is 2.41 bits per heavy atom. The van der Waals surface area contributed by atoms with E-state index < -0.39 is 0 Å². The van der Waals surface area contributed by atoms with Crippen LogP contribution < -0.4 is 19.5 Å². The average molecular weight is 395 g/mol. The van der Waals surface area contributed by atoms with E-state index in [0.29, 0.717) is 36.6 Å². The molecule has 7 heteroatoms. The van der Waals surface area contributed by atoms with Gasteiger partial charge in [0, 0.05) is 31.0 Å². The molecule has 1 heterocycles. The molecule has 3 rings (SSSR count). The standard InChI is InChI=1S/C22H25N3O4/c1-27-19-12-16(13-20(28-2)22(19)29-3)7-8-21(26)24-18-6-4-5-17(11-18)14-25-10-9-23-15-25/h4-6,9-13,15H,7-8,14H2,1-3H3,(H,24,26). The number of imidazole rings is 1. The Kier molecular flexibility index (Phi) is 6.73. The number of carbonyl (C=O) groups is 1. The van der Waals surface area contributed by atoms with E-state index in [9.17, 15) is 4.79 Å². The maximum Gasteiger partial charge on any atom is 0.224 e. The number of rotatable bonds is 9. The van der Waals surface area contributed by atoms with Gasteiger partial charge in [0.2, 0.25) is 11.7 Å². The van der Waals surface area contributed by atoms with Gasteiger partial charge in [0.05, 0.1) is 27.7 Å². The summed E-state index contributed by atoms with van der Waals surface area (Å²) in [7, 11) is 4.71. The highest BCUT2D eigenvalue weighted by atomic mass is 16.5. The highest BCUT2D eigenvalue weighted by Gasteiger charge is 2.14. The molecule has 3 aromatic rings. The van der Waals surface area contributed by atoms with Crippen LogP contribution in [0.4, 0.5) is 5.69 Å². The van der Waals surface area contributed by atoms with E-state index in [2.05, 4.69) is 10.3 Å². The smallest absolute Gasteiger partial charge is 0.224 e. The van der Waals surface area contributed by atoms with Crippen molar-refractivity contribution < 1.29 is 19.0 Å². The van der Waals surface area contributed by atoms with Crippen LogP contribution in [0.1, 0.15) is 17.5 Å². The Morgan fingerprint density at radius 1 is 1.03 bits per heavy atom. The van der Waals surface area contributed by atoms with Crippen LogP contribution in [-0.2, 0) is 17.8 Å². The number of amides is 1. The van der Waals surface area contributed by atoms with Crippen LogP contribution >= 0.6 is 0 Å². The van der Waals surface area contributed by atoms with Crippen LogP contribution in [0, 0.1) is 0 Å². The zero-order valence-corrected chi connectivity index (χ0v) is 16.8. The third-order valence-corrected chi connectivity index (χ3v) is 4.50. The minimum atomic E-state index is -0.0569. The summed E-state index contributed by atoms with van der Waals surface area (Å²) in [6, 6.07) is 11.5. The third-order valence-electron chi connectivity index (χ3n) is 4.50. The number of aromatic nitrogens is 2. The summed E-state index contributed by atoms with van der Waals surface area (Å²) in [6.45, 7) is 0.704. The zero-order valence-electron chi connectivity index (χ0n) is 16.8. The summed E-state index contributed by atoms with van der Waals surface area (Å²) in [5.41, 5.74) is 2.80. The summed E-state index contributed by atoms with van der Waals surface area (Å²) in [6.07, 6.45) is 6.31. The summed E-state index contributed by atoms with van der Waals surface area (Å²) in [5.74, 6) is 1.64. The summed E-state index contributed by atoms with van der Waals surface area (Å²) in [5, 5.41) is 2.96. The molecule has 0 saturated carbocycles. The van der Waals surface area contributed by atoms with Gasteiger partial charge >= 0.3 is 0 Å². The van der Waals surface area contributed by atoms with Crippen molar-refractivity contribution in [2.75, 3.05) is 26.6 Å². The number of ether oxygens (including phenoxy) is 3. The fourth-order valence-corrected chi connectivity index (χ4v) is 3.10. The van der Waals surface area contributed by atoms with E-state index in [-0.39, 0.29) is 5.91 Å². The van der Waals surface area contributed by atoms with Crippen LogP contribution in [-0.4, -0.2) is 36.8 Å². The molecule has 0 bridgehead atoms. The van der Waals surface area contributed by atoms with Crippen LogP contribution in [0.3, 0.4) is 0 Å². The lowest BCUT2D eigenvalue weighted by Gasteiger charge is -2.14. The minimum Gasteiger partial charge on any atom is -0.493 e. The van der Waals surface area contributed by atoms with Gasteiger partial charge in [-0.3, -0.25) is 4.79 Å². The number of anilines is 1. The first kappa shape index (κ1) is 20.3. The predicted octanol–water partition coefficient (Wildman–Crippen LogP) is 3.53. The molecule has 0 radical (unpaired) electrons. The lowest BCUT2D eigenvalue weighted by Crippen LogP contribution is -2.12.